The number of rotatable bonds is 6. The van der Waals surface area contributed by atoms with E-state index in [1.165, 1.54) is 19.3 Å². The lowest BCUT2D eigenvalue weighted by Crippen LogP contribution is -2.43. The zero-order chi connectivity index (χ0) is 19.9. The molecule has 152 valence electrons. The number of nitrogens with one attached hydrogen (secondary N) is 2. The number of amides is 3. The van der Waals surface area contributed by atoms with Crippen LogP contribution in [0.3, 0.4) is 0 Å². The van der Waals surface area contributed by atoms with Crippen molar-refractivity contribution in [3.05, 3.63) is 34.9 Å². The van der Waals surface area contributed by atoms with Crippen LogP contribution in [0, 0.1) is 0 Å². The van der Waals surface area contributed by atoms with Gasteiger partial charge in [-0.2, -0.15) is 0 Å². The highest BCUT2D eigenvalue weighted by Gasteiger charge is 2.21. The zero-order valence-electron chi connectivity index (χ0n) is 16.2. The number of carboxylic acid groups (broad SMARTS) is 1. The van der Waals surface area contributed by atoms with Gasteiger partial charge in [-0.25, -0.2) is 9.59 Å². The lowest BCUT2D eigenvalue weighted by molar-refractivity contribution is -0.132. The van der Waals surface area contributed by atoms with Crippen molar-refractivity contribution in [2.24, 2.45) is 0 Å². The molecule has 0 unspecified atom stereocenters. The summed E-state index contributed by atoms with van der Waals surface area (Å²) < 4.78 is 0. The Morgan fingerprint density at radius 2 is 1.89 bits per heavy atom. The lowest BCUT2D eigenvalue weighted by Gasteiger charge is -2.29. The molecule has 2 aliphatic rings. The first-order valence-corrected chi connectivity index (χ1v) is 10.2. The van der Waals surface area contributed by atoms with Crippen LogP contribution in [0.2, 0.25) is 0 Å². The van der Waals surface area contributed by atoms with E-state index in [0.29, 0.717) is 32.5 Å². The van der Waals surface area contributed by atoms with Crippen molar-refractivity contribution in [1.82, 2.24) is 15.5 Å². The van der Waals surface area contributed by atoms with Crippen LogP contribution in [0.1, 0.15) is 66.4 Å². The largest absolute Gasteiger partial charge is 0.478 e. The molecule has 0 atom stereocenters. The summed E-state index contributed by atoms with van der Waals surface area (Å²) >= 11 is 0. The van der Waals surface area contributed by atoms with Crippen LogP contribution in [0.5, 0.6) is 0 Å². The SMILES string of the molecule is O=C(NCCCC(=O)N1CCc2ccc(C(=O)O)cc2C1)NC1CCCCC1. The monoisotopic (exact) mass is 387 g/mol. The van der Waals surface area contributed by atoms with Gasteiger partial charge in [-0.15, -0.1) is 0 Å². The maximum Gasteiger partial charge on any atom is 0.335 e. The van der Waals surface area contributed by atoms with Crippen LogP contribution in [0.15, 0.2) is 18.2 Å². The topological polar surface area (TPSA) is 98.7 Å². The number of benzene rings is 1. The number of aromatic carboxylic acids is 1. The Balaban J connectivity index is 1.39. The van der Waals surface area contributed by atoms with Crippen molar-refractivity contribution < 1.29 is 19.5 Å². The first kappa shape index (κ1) is 20.2. The summed E-state index contributed by atoms with van der Waals surface area (Å²) in [5, 5.41) is 15.0. The van der Waals surface area contributed by atoms with E-state index in [9.17, 15) is 14.4 Å². The van der Waals surface area contributed by atoms with E-state index in [1.807, 2.05) is 6.07 Å². The number of hydrogen-bond acceptors (Lipinski definition) is 3. The molecule has 1 fully saturated rings. The first-order valence-electron chi connectivity index (χ1n) is 10.2. The third-order valence-electron chi connectivity index (χ3n) is 5.61. The number of carbonyl (C=O) groups is 3. The molecule has 1 aromatic rings. The molecular formula is C21H29N3O4. The van der Waals surface area contributed by atoms with Crippen LogP contribution in [-0.4, -0.2) is 47.0 Å². The molecule has 0 saturated heterocycles. The van der Waals surface area contributed by atoms with Gasteiger partial charge in [0.25, 0.3) is 0 Å². The Morgan fingerprint density at radius 1 is 1.11 bits per heavy atom. The summed E-state index contributed by atoms with van der Waals surface area (Å²) in [4.78, 5) is 37.3. The molecule has 1 heterocycles. The summed E-state index contributed by atoms with van der Waals surface area (Å²) in [7, 11) is 0. The molecule has 0 radical (unpaired) electrons. The number of urea groups is 1. The Bertz CT molecular complexity index is 728. The van der Waals surface area contributed by atoms with Gasteiger partial charge >= 0.3 is 12.0 Å². The van der Waals surface area contributed by atoms with E-state index in [-0.39, 0.29) is 23.5 Å². The molecule has 1 aliphatic carbocycles. The van der Waals surface area contributed by atoms with E-state index in [0.717, 1.165) is 30.4 Å². The van der Waals surface area contributed by atoms with E-state index < -0.39 is 5.97 Å². The highest BCUT2D eigenvalue weighted by Crippen LogP contribution is 2.21. The minimum atomic E-state index is -0.955. The minimum absolute atomic E-state index is 0.0425. The molecule has 7 heteroatoms. The molecule has 1 aliphatic heterocycles. The molecule has 0 aromatic heterocycles. The third kappa shape index (κ3) is 5.47. The van der Waals surface area contributed by atoms with Crippen molar-refractivity contribution in [2.75, 3.05) is 13.1 Å². The fourth-order valence-electron chi connectivity index (χ4n) is 3.99. The standard InChI is InChI=1S/C21H29N3O4/c25-19(7-4-11-22-21(28)23-18-5-2-1-3-6-18)24-12-10-15-8-9-16(20(26)27)13-17(15)14-24/h8-9,13,18H,1-7,10-12,14H2,(H,26,27)(H2,22,23,28). The predicted octanol–water partition coefficient (Wildman–Crippen LogP) is 2.68. The molecule has 7 nitrogen and oxygen atoms in total. The van der Waals surface area contributed by atoms with Gasteiger partial charge in [0.1, 0.15) is 0 Å². The molecule has 0 spiro atoms. The average molecular weight is 387 g/mol. The van der Waals surface area contributed by atoms with Gasteiger partial charge in [0.05, 0.1) is 5.56 Å². The second kappa shape index (κ2) is 9.57. The summed E-state index contributed by atoms with van der Waals surface area (Å²) in [6, 6.07) is 5.25. The van der Waals surface area contributed by atoms with Crippen molar-refractivity contribution >= 4 is 17.9 Å². The molecule has 1 saturated carbocycles. The second-order valence-corrected chi connectivity index (χ2v) is 7.69. The lowest BCUT2D eigenvalue weighted by atomic mass is 9.96. The fraction of sp³-hybridized carbons (Fsp3) is 0.571. The van der Waals surface area contributed by atoms with Crippen LogP contribution in [0.4, 0.5) is 4.79 Å². The summed E-state index contributed by atoms with van der Waals surface area (Å²) in [5.74, 6) is -0.912. The Morgan fingerprint density at radius 3 is 2.64 bits per heavy atom. The van der Waals surface area contributed by atoms with Gasteiger partial charge in [0, 0.05) is 32.1 Å². The van der Waals surface area contributed by atoms with Crippen LogP contribution in [0.25, 0.3) is 0 Å². The van der Waals surface area contributed by atoms with Crippen molar-refractivity contribution in [2.45, 2.75) is 64.0 Å². The maximum atomic E-state index is 12.5. The summed E-state index contributed by atoms with van der Waals surface area (Å²) in [6.45, 7) is 1.57. The Labute approximate surface area is 165 Å². The van der Waals surface area contributed by atoms with Gasteiger partial charge < -0.3 is 20.6 Å². The van der Waals surface area contributed by atoms with Gasteiger partial charge in [0.15, 0.2) is 0 Å². The smallest absolute Gasteiger partial charge is 0.335 e. The molecule has 1 aromatic carbocycles. The average Bonchev–Trinajstić information content (AvgIpc) is 2.71. The van der Waals surface area contributed by atoms with Crippen molar-refractivity contribution in [3.63, 3.8) is 0 Å². The summed E-state index contributed by atoms with van der Waals surface area (Å²) in [5.41, 5.74) is 2.26. The van der Waals surface area contributed by atoms with Crippen molar-refractivity contribution in [1.29, 1.82) is 0 Å². The highest BCUT2D eigenvalue weighted by molar-refractivity contribution is 5.88. The van der Waals surface area contributed by atoms with E-state index in [1.54, 1.807) is 17.0 Å². The molecule has 3 N–H and O–H groups in total. The predicted molar refractivity (Wildman–Crippen MR) is 105 cm³/mol. The van der Waals surface area contributed by atoms with E-state index in [4.69, 9.17) is 5.11 Å². The quantitative estimate of drug-likeness (QED) is 0.654. The molecule has 28 heavy (non-hydrogen) atoms. The first-order chi connectivity index (χ1) is 13.5. The molecule has 3 amide bonds. The Kier molecular flexibility index (Phi) is 6.90. The maximum absolute atomic E-state index is 12.5. The van der Waals surface area contributed by atoms with Crippen LogP contribution >= 0.6 is 0 Å². The fourth-order valence-corrected chi connectivity index (χ4v) is 3.99. The highest BCUT2D eigenvalue weighted by atomic mass is 16.4. The second-order valence-electron chi connectivity index (χ2n) is 7.69. The zero-order valence-corrected chi connectivity index (χ0v) is 16.2. The van der Waals surface area contributed by atoms with Gasteiger partial charge in [-0.05, 0) is 48.9 Å². The minimum Gasteiger partial charge on any atom is -0.478 e. The number of carbonyl (C=O) groups excluding carboxylic acids is 2. The van der Waals surface area contributed by atoms with Gasteiger partial charge in [-0.3, -0.25) is 4.79 Å². The number of hydrogen-bond donors (Lipinski definition) is 3. The Hall–Kier alpha value is -2.57. The summed E-state index contributed by atoms with van der Waals surface area (Å²) in [6.07, 6.45) is 7.40. The number of nitrogens with zero attached hydrogens (tertiary/aromatic N) is 1. The van der Waals surface area contributed by atoms with Crippen LogP contribution in [-0.2, 0) is 17.8 Å². The number of fused-ring (bicyclic) bond motifs is 1. The molecule has 0 bridgehead atoms. The van der Waals surface area contributed by atoms with Gasteiger partial charge in [-0.1, -0.05) is 25.3 Å². The van der Waals surface area contributed by atoms with E-state index >= 15 is 0 Å². The normalized spacial score (nSPS) is 16.9. The van der Waals surface area contributed by atoms with Gasteiger partial charge in [0.2, 0.25) is 5.91 Å². The third-order valence-corrected chi connectivity index (χ3v) is 5.61. The number of carboxylic acids is 1. The van der Waals surface area contributed by atoms with E-state index in [2.05, 4.69) is 10.6 Å². The van der Waals surface area contributed by atoms with Crippen LogP contribution < -0.4 is 10.6 Å². The molecule has 3 rings (SSSR count). The molecular weight excluding hydrogens is 358 g/mol. The van der Waals surface area contributed by atoms with Crippen molar-refractivity contribution in [3.8, 4) is 0 Å².